The van der Waals surface area contributed by atoms with Crippen molar-refractivity contribution in [3.05, 3.63) is 72.9 Å². The quantitative estimate of drug-likeness (QED) is 0.0195. The first-order valence-corrected chi connectivity index (χ1v) is 45.1. The van der Waals surface area contributed by atoms with Crippen molar-refractivity contribution in [3.63, 3.8) is 0 Å². The number of rotatable bonds is 85. The summed E-state index contributed by atoms with van der Waals surface area (Å²) in [5.41, 5.74) is 0. The largest absolute Gasteiger partial charge is 0.545 e. The van der Waals surface area contributed by atoms with Crippen LogP contribution in [0.25, 0.3) is 0 Å². The van der Waals surface area contributed by atoms with Gasteiger partial charge in [0.15, 0.2) is 12.4 Å². The van der Waals surface area contributed by atoms with E-state index >= 15 is 0 Å². The van der Waals surface area contributed by atoms with Crippen LogP contribution < -0.4 is 5.11 Å². The van der Waals surface area contributed by atoms with Crippen molar-refractivity contribution < 1.29 is 42.9 Å². The van der Waals surface area contributed by atoms with Gasteiger partial charge in [0.1, 0.15) is 13.2 Å². The van der Waals surface area contributed by atoms with Crippen molar-refractivity contribution in [2.24, 2.45) is 0 Å². The van der Waals surface area contributed by atoms with Gasteiger partial charge in [0, 0.05) is 12.8 Å². The number of likely N-dealkylation sites (N-methyl/N-ethyl adjacent to an activating group) is 1. The third-order valence-electron chi connectivity index (χ3n) is 20.4. The number of quaternary nitrogens is 1. The SMILES string of the molecule is CC/C=C\C/C=C\C/C=C\C/C=C\C/C=C\CCCCCCCCCCCCCCCCCCCCCCCCCC(=O)OC(COC(=O)CCCCCCCCCCCCCCCCCCCCCCCCCCCCC/C=C\CCCCCCCCCC)COC(OCC[N+](C)(C)C)C(=O)[O-]. The van der Waals surface area contributed by atoms with E-state index in [1.165, 1.54) is 353 Å². The average molecular weight is 1450 g/mol. The normalized spacial score (nSPS) is 12.9. The monoisotopic (exact) mass is 1440 g/mol. The van der Waals surface area contributed by atoms with Crippen molar-refractivity contribution in [1.82, 2.24) is 0 Å². The molecule has 0 aliphatic heterocycles. The van der Waals surface area contributed by atoms with Gasteiger partial charge < -0.3 is 33.3 Å². The molecule has 0 radical (unpaired) electrons. The molecule has 0 aliphatic carbocycles. The Morgan fingerprint density at radius 2 is 0.553 bits per heavy atom. The Hall–Kier alpha value is -3.27. The summed E-state index contributed by atoms with van der Waals surface area (Å²) in [7, 11) is 5.96. The molecule has 2 unspecified atom stereocenters. The van der Waals surface area contributed by atoms with Crippen LogP contribution >= 0.6 is 0 Å². The Morgan fingerprint density at radius 1 is 0.301 bits per heavy atom. The minimum absolute atomic E-state index is 0.150. The van der Waals surface area contributed by atoms with Gasteiger partial charge in [0.25, 0.3) is 0 Å². The zero-order valence-corrected chi connectivity index (χ0v) is 69.2. The molecule has 0 fully saturated rings. The Bertz CT molecular complexity index is 1930. The molecule has 0 heterocycles. The molecule has 0 N–H and O–H groups in total. The zero-order chi connectivity index (χ0) is 74.6. The highest BCUT2D eigenvalue weighted by molar-refractivity contribution is 5.70. The van der Waals surface area contributed by atoms with E-state index in [9.17, 15) is 19.5 Å². The van der Waals surface area contributed by atoms with E-state index < -0.39 is 24.3 Å². The Morgan fingerprint density at radius 3 is 0.835 bits per heavy atom. The lowest BCUT2D eigenvalue weighted by Crippen LogP contribution is -2.44. The van der Waals surface area contributed by atoms with E-state index in [2.05, 4.69) is 86.8 Å². The molecule has 0 spiro atoms. The van der Waals surface area contributed by atoms with Crippen molar-refractivity contribution in [3.8, 4) is 0 Å². The van der Waals surface area contributed by atoms with Crippen LogP contribution in [0.5, 0.6) is 0 Å². The summed E-state index contributed by atoms with van der Waals surface area (Å²) in [6.07, 6.45) is 112. The van der Waals surface area contributed by atoms with Crippen molar-refractivity contribution in [2.45, 2.75) is 463 Å². The lowest BCUT2D eigenvalue weighted by molar-refractivity contribution is -0.870. The van der Waals surface area contributed by atoms with Crippen LogP contribution in [0.2, 0.25) is 0 Å². The maximum absolute atomic E-state index is 13.0. The van der Waals surface area contributed by atoms with Crippen LogP contribution in [0, 0.1) is 0 Å². The lowest BCUT2D eigenvalue weighted by atomic mass is 10.0. The van der Waals surface area contributed by atoms with Gasteiger partial charge in [0.05, 0.1) is 40.3 Å². The van der Waals surface area contributed by atoms with Gasteiger partial charge in [-0.1, -0.05) is 427 Å². The number of nitrogens with zero attached hydrogens (tertiary/aromatic N) is 1. The second kappa shape index (κ2) is 84.4. The highest BCUT2D eigenvalue weighted by Gasteiger charge is 2.22. The molecular weight excluding hydrogens is 1270 g/mol. The van der Waals surface area contributed by atoms with Gasteiger partial charge >= 0.3 is 11.9 Å². The highest BCUT2D eigenvalue weighted by atomic mass is 16.7. The molecule has 9 heteroatoms. The van der Waals surface area contributed by atoms with Crippen LogP contribution in [-0.2, 0) is 33.3 Å². The molecule has 0 bridgehead atoms. The van der Waals surface area contributed by atoms with Gasteiger partial charge in [-0.2, -0.15) is 0 Å². The van der Waals surface area contributed by atoms with Crippen LogP contribution in [-0.4, -0.2) is 82.3 Å². The van der Waals surface area contributed by atoms with E-state index in [0.717, 1.165) is 70.6 Å². The molecule has 0 aromatic heterocycles. The summed E-state index contributed by atoms with van der Waals surface area (Å²) in [6.45, 7) is 4.71. The maximum Gasteiger partial charge on any atom is 0.306 e. The summed E-state index contributed by atoms with van der Waals surface area (Å²) < 4.78 is 22.9. The number of ether oxygens (including phenoxy) is 4. The van der Waals surface area contributed by atoms with Crippen LogP contribution in [0.4, 0.5) is 0 Å². The maximum atomic E-state index is 13.0. The molecule has 602 valence electrons. The first-order chi connectivity index (χ1) is 50.6. The number of allylic oxidation sites excluding steroid dienone is 12. The molecule has 103 heavy (non-hydrogen) atoms. The van der Waals surface area contributed by atoms with Crippen molar-refractivity contribution in [2.75, 3.05) is 47.5 Å². The molecule has 0 saturated carbocycles. The smallest absolute Gasteiger partial charge is 0.306 e. The fourth-order valence-electron chi connectivity index (χ4n) is 13.6. The minimum atomic E-state index is -1.62. The Labute approximate surface area is 640 Å². The number of hydrogen-bond acceptors (Lipinski definition) is 8. The fraction of sp³-hybridized carbons (Fsp3) is 0.840. The van der Waals surface area contributed by atoms with Gasteiger partial charge in [-0.25, -0.2) is 0 Å². The van der Waals surface area contributed by atoms with Gasteiger partial charge in [-0.05, 0) is 83.5 Å². The van der Waals surface area contributed by atoms with Gasteiger partial charge in [-0.3, -0.25) is 9.59 Å². The van der Waals surface area contributed by atoms with E-state index in [4.69, 9.17) is 18.9 Å². The third-order valence-corrected chi connectivity index (χ3v) is 20.4. The molecule has 0 aliphatic rings. The average Bonchev–Trinajstić information content (AvgIpc) is 0.985. The minimum Gasteiger partial charge on any atom is -0.545 e. The first-order valence-electron chi connectivity index (χ1n) is 45.1. The van der Waals surface area contributed by atoms with Crippen LogP contribution in [0.1, 0.15) is 450 Å². The predicted octanol–water partition coefficient (Wildman–Crippen LogP) is 28.2. The highest BCUT2D eigenvalue weighted by Crippen LogP contribution is 2.21. The van der Waals surface area contributed by atoms with E-state index in [1.54, 1.807) is 0 Å². The molecule has 0 rings (SSSR count). The number of carboxylic acids is 1. The number of carbonyl (C=O) groups excluding carboxylic acids is 3. The lowest BCUT2D eigenvalue weighted by Gasteiger charge is -2.26. The van der Waals surface area contributed by atoms with E-state index in [0.29, 0.717) is 17.4 Å². The summed E-state index contributed by atoms with van der Waals surface area (Å²) in [5.74, 6) is -2.25. The van der Waals surface area contributed by atoms with Crippen molar-refractivity contribution >= 4 is 17.9 Å². The van der Waals surface area contributed by atoms with Gasteiger partial charge in [0.2, 0.25) is 0 Å². The number of esters is 2. The third kappa shape index (κ3) is 85.9. The van der Waals surface area contributed by atoms with E-state index in [-0.39, 0.29) is 32.2 Å². The van der Waals surface area contributed by atoms with Gasteiger partial charge in [-0.15, -0.1) is 0 Å². The van der Waals surface area contributed by atoms with E-state index in [1.807, 2.05) is 21.1 Å². The van der Waals surface area contributed by atoms with Crippen LogP contribution in [0.15, 0.2) is 72.9 Å². The Kier molecular flexibility index (Phi) is 81.7. The molecular formula is C94H173NO8. The molecule has 0 aromatic rings. The van der Waals surface area contributed by atoms with Crippen molar-refractivity contribution in [1.29, 1.82) is 0 Å². The molecule has 9 nitrogen and oxygen atoms in total. The summed E-state index contributed by atoms with van der Waals surface area (Å²) in [6, 6.07) is 0. The summed E-state index contributed by atoms with van der Waals surface area (Å²) in [5, 5.41) is 11.9. The standard InChI is InChI=1S/C94H173NO8/c1-6-8-10-12-14-16-18-20-22-24-26-28-30-32-34-36-38-40-42-44-46-48-50-52-54-56-58-60-62-64-66-68-70-72-74-76-78-80-82-84-91(96)101-88-90(89-102-94(93(98)99)100-87-86-95(3,4)5)103-92(97)85-83-81-79-77-75-73-71-69-67-65-63-61-59-57-55-53-51-49-47-45-43-41-39-37-35-33-31-29-27-25-23-21-19-17-15-13-11-9-7-2/h9,11,15,17,21,23-24,26-27,29,33,35,90,94H,6-8,10,12-14,16,18-20,22,25,28,30-32,34,36-89H2,1-5H3/b11-9-,17-15-,23-21-,26-24-,29-27-,35-33-. The number of hydrogen-bond donors (Lipinski definition) is 0. The zero-order valence-electron chi connectivity index (χ0n) is 69.2. The predicted molar refractivity (Wildman–Crippen MR) is 445 cm³/mol. The summed E-state index contributed by atoms with van der Waals surface area (Å²) >= 11 is 0. The summed E-state index contributed by atoms with van der Waals surface area (Å²) in [4.78, 5) is 37.7. The first kappa shape index (κ1) is 99.7. The second-order valence-electron chi connectivity index (χ2n) is 31.9. The fourth-order valence-corrected chi connectivity index (χ4v) is 13.6. The molecule has 0 aromatic carbocycles. The molecule has 2 atom stereocenters. The van der Waals surface area contributed by atoms with Crippen LogP contribution in [0.3, 0.4) is 0 Å². The Balaban J connectivity index is 3.90. The molecule has 0 saturated heterocycles. The number of carboxylic acid groups (broad SMARTS) is 1. The second-order valence-corrected chi connectivity index (χ2v) is 31.9. The molecule has 0 amide bonds. The topological polar surface area (TPSA) is 111 Å². The number of aliphatic carboxylic acids is 1. The number of carbonyl (C=O) groups is 3. The number of unbranched alkanes of at least 4 members (excludes halogenated alkanes) is 58.